The van der Waals surface area contributed by atoms with Crippen LogP contribution in [0.1, 0.15) is 46.6 Å². The largest absolute Gasteiger partial charge is 0.497 e. The van der Waals surface area contributed by atoms with E-state index in [1.165, 1.54) is 0 Å². The molecule has 0 amide bonds. The lowest BCUT2D eigenvalue weighted by atomic mass is 9.91. The number of hydrogen-bond donors (Lipinski definition) is 0. The number of hydrogen-bond acceptors (Lipinski definition) is 5. The molecule has 1 aromatic rings. The van der Waals surface area contributed by atoms with Gasteiger partial charge in [-0.05, 0) is 44.1 Å². The highest BCUT2D eigenvalue weighted by Crippen LogP contribution is 2.45. The monoisotopic (exact) mass is 382 g/mol. The summed E-state index contributed by atoms with van der Waals surface area (Å²) in [5.74, 6) is 1.04. The lowest BCUT2D eigenvalue weighted by Gasteiger charge is -2.44. The van der Waals surface area contributed by atoms with Gasteiger partial charge in [-0.3, -0.25) is 4.79 Å². The molecule has 1 atom stereocenters. The molecular formula is C20H34O5Si. The van der Waals surface area contributed by atoms with Crippen LogP contribution < -0.4 is 9.47 Å². The molecule has 0 aliphatic heterocycles. The number of esters is 1. The summed E-state index contributed by atoms with van der Waals surface area (Å²) in [6.45, 7) is 15.0. The average Bonchev–Trinajstić information content (AvgIpc) is 2.52. The van der Waals surface area contributed by atoms with Gasteiger partial charge >= 0.3 is 5.97 Å². The van der Waals surface area contributed by atoms with Crippen molar-refractivity contribution in [2.24, 2.45) is 0 Å². The first-order valence-corrected chi connectivity index (χ1v) is 11.9. The molecule has 0 aromatic heterocycles. The predicted molar refractivity (Wildman–Crippen MR) is 106 cm³/mol. The molecule has 148 valence electrons. The first-order valence-electron chi connectivity index (χ1n) is 8.98. The Balaban J connectivity index is 3.43. The molecule has 1 aromatic carbocycles. The Labute approximate surface area is 159 Å². The zero-order valence-corrected chi connectivity index (χ0v) is 18.7. The van der Waals surface area contributed by atoms with E-state index in [2.05, 4.69) is 33.9 Å². The molecule has 0 saturated carbocycles. The molecule has 5 nitrogen and oxygen atoms in total. The lowest BCUT2D eigenvalue weighted by molar-refractivity contribution is -0.147. The molecule has 0 spiro atoms. The lowest BCUT2D eigenvalue weighted by Crippen LogP contribution is -2.48. The zero-order chi connectivity index (χ0) is 20.2. The summed E-state index contributed by atoms with van der Waals surface area (Å²) in [5, 5.41) is 0.00261. The highest BCUT2D eigenvalue weighted by atomic mass is 28.4. The van der Waals surface area contributed by atoms with Crippen molar-refractivity contribution >= 4 is 14.3 Å². The Morgan fingerprint density at radius 3 is 2.15 bits per heavy atom. The second kappa shape index (κ2) is 8.44. The van der Waals surface area contributed by atoms with Gasteiger partial charge in [0.05, 0.1) is 32.8 Å². The summed E-state index contributed by atoms with van der Waals surface area (Å²) >= 11 is 0. The first kappa shape index (κ1) is 22.5. The van der Waals surface area contributed by atoms with Gasteiger partial charge < -0.3 is 18.6 Å². The summed E-state index contributed by atoms with van der Waals surface area (Å²) in [5.41, 5.74) is -0.0361. The van der Waals surface area contributed by atoms with Gasteiger partial charge in [0.15, 0.2) is 8.32 Å². The minimum Gasteiger partial charge on any atom is -0.497 e. The normalized spacial score (nSPS) is 14.5. The molecule has 1 rings (SSSR count). The van der Waals surface area contributed by atoms with Crippen LogP contribution in [-0.2, 0) is 19.6 Å². The number of carbonyl (C=O) groups is 1. The standard InChI is InChI=1S/C20H34O5Si/c1-10-24-18(21)14-20(5,25-26(8,9)19(2,3)4)16-12-11-15(22-6)13-17(16)23-7/h11-13H,10,14H2,1-9H3. The number of rotatable bonds is 8. The van der Waals surface area contributed by atoms with Crippen LogP contribution in [0, 0.1) is 0 Å². The molecule has 0 bridgehead atoms. The van der Waals surface area contributed by atoms with Crippen molar-refractivity contribution in [2.75, 3.05) is 20.8 Å². The van der Waals surface area contributed by atoms with Crippen molar-refractivity contribution in [2.45, 2.75) is 64.8 Å². The molecular weight excluding hydrogens is 348 g/mol. The number of methoxy groups -OCH3 is 2. The topological polar surface area (TPSA) is 54.0 Å². The Morgan fingerprint density at radius 2 is 1.69 bits per heavy atom. The van der Waals surface area contributed by atoms with Crippen LogP contribution in [0.2, 0.25) is 18.1 Å². The molecule has 1 unspecified atom stereocenters. The van der Waals surface area contributed by atoms with Crippen molar-refractivity contribution in [3.05, 3.63) is 23.8 Å². The van der Waals surface area contributed by atoms with E-state index in [1.54, 1.807) is 21.1 Å². The maximum absolute atomic E-state index is 12.3. The van der Waals surface area contributed by atoms with Gasteiger partial charge in [-0.2, -0.15) is 0 Å². The molecule has 26 heavy (non-hydrogen) atoms. The van der Waals surface area contributed by atoms with Crippen LogP contribution in [0.5, 0.6) is 11.5 Å². The fraction of sp³-hybridized carbons (Fsp3) is 0.650. The third-order valence-corrected chi connectivity index (χ3v) is 9.63. The zero-order valence-electron chi connectivity index (χ0n) is 17.7. The van der Waals surface area contributed by atoms with E-state index >= 15 is 0 Å². The Morgan fingerprint density at radius 1 is 1.08 bits per heavy atom. The molecule has 0 saturated heterocycles. The third-order valence-electron chi connectivity index (χ3n) is 5.05. The third kappa shape index (κ3) is 5.24. The molecule has 0 N–H and O–H groups in total. The molecule has 0 fully saturated rings. The van der Waals surface area contributed by atoms with Gasteiger partial charge in [-0.15, -0.1) is 0 Å². The van der Waals surface area contributed by atoms with Crippen LogP contribution in [0.25, 0.3) is 0 Å². The van der Waals surface area contributed by atoms with Gasteiger partial charge in [-0.1, -0.05) is 20.8 Å². The quantitative estimate of drug-likeness (QED) is 0.473. The number of benzene rings is 1. The van der Waals surface area contributed by atoms with Crippen LogP contribution in [0.3, 0.4) is 0 Å². The number of carbonyl (C=O) groups excluding carboxylic acids is 1. The molecule has 0 aliphatic carbocycles. The van der Waals surface area contributed by atoms with Crippen molar-refractivity contribution < 1.29 is 23.4 Å². The minimum absolute atomic E-state index is 0.00261. The average molecular weight is 383 g/mol. The second-order valence-corrected chi connectivity index (χ2v) is 12.9. The van der Waals surface area contributed by atoms with E-state index in [0.717, 1.165) is 5.56 Å². The fourth-order valence-electron chi connectivity index (χ4n) is 2.63. The second-order valence-electron chi connectivity index (χ2n) is 8.14. The van der Waals surface area contributed by atoms with Crippen LogP contribution in [-0.4, -0.2) is 35.1 Å². The van der Waals surface area contributed by atoms with E-state index in [1.807, 2.05) is 25.1 Å². The van der Waals surface area contributed by atoms with Crippen LogP contribution >= 0.6 is 0 Å². The molecule has 0 radical (unpaired) electrons. The van der Waals surface area contributed by atoms with Crippen molar-refractivity contribution in [3.63, 3.8) is 0 Å². The van der Waals surface area contributed by atoms with Crippen molar-refractivity contribution in [3.8, 4) is 11.5 Å². The van der Waals surface area contributed by atoms with Gasteiger partial charge in [0.1, 0.15) is 11.5 Å². The number of ether oxygens (including phenoxy) is 3. The summed E-state index contributed by atoms with van der Waals surface area (Å²) in [6, 6.07) is 5.58. The van der Waals surface area contributed by atoms with Crippen molar-refractivity contribution in [1.29, 1.82) is 0 Å². The van der Waals surface area contributed by atoms with E-state index in [0.29, 0.717) is 18.1 Å². The van der Waals surface area contributed by atoms with E-state index in [-0.39, 0.29) is 17.4 Å². The fourth-order valence-corrected chi connectivity index (χ4v) is 4.24. The highest BCUT2D eigenvalue weighted by Gasteiger charge is 2.45. The van der Waals surface area contributed by atoms with E-state index in [4.69, 9.17) is 18.6 Å². The predicted octanol–water partition coefficient (Wildman–Crippen LogP) is 4.89. The van der Waals surface area contributed by atoms with Crippen LogP contribution in [0.15, 0.2) is 18.2 Å². The van der Waals surface area contributed by atoms with Crippen LogP contribution in [0.4, 0.5) is 0 Å². The van der Waals surface area contributed by atoms with Gasteiger partial charge in [0, 0.05) is 11.6 Å². The van der Waals surface area contributed by atoms with Crippen molar-refractivity contribution in [1.82, 2.24) is 0 Å². The Bertz CT molecular complexity index is 621. The summed E-state index contributed by atoms with van der Waals surface area (Å²) in [4.78, 5) is 12.3. The van der Waals surface area contributed by atoms with Gasteiger partial charge in [0.2, 0.25) is 0 Å². The first-order chi connectivity index (χ1) is 11.9. The maximum atomic E-state index is 12.3. The molecule has 6 heteroatoms. The van der Waals surface area contributed by atoms with E-state index < -0.39 is 13.9 Å². The van der Waals surface area contributed by atoms with Gasteiger partial charge in [0.25, 0.3) is 0 Å². The minimum atomic E-state index is -2.17. The molecule has 0 heterocycles. The summed E-state index contributed by atoms with van der Waals surface area (Å²) in [6.07, 6.45) is 0.121. The van der Waals surface area contributed by atoms with Gasteiger partial charge in [-0.25, -0.2) is 0 Å². The summed E-state index contributed by atoms with van der Waals surface area (Å²) in [7, 11) is 1.05. The maximum Gasteiger partial charge on any atom is 0.309 e. The smallest absolute Gasteiger partial charge is 0.309 e. The molecule has 0 aliphatic rings. The highest BCUT2D eigenvalue weighted by molar-refractivity contribution is 6.74. The van der Waals surface area contributed by atoms with E-state index in [9.17, 15) is 4.79 Å². The Hall–Kier alpha value is -1.53. The SMILES string of the molecule is CCOC(=O)CC(C)(O[Si](C)(C)C(C)(C)C)c1ccc(OC)cc1OC. The summed E-state index contributed by atoms with van der Waals surface area (Å²) < 4.78 is 22.8. The Kier molecular flexibility index (Phi) is 7.30.